The van der Waals surface area contributed by atoms with Crippen LogP contribution in [0.25, 0.3) is 11.0 Å². The summed E-state index contributed by atoms with van der Waals surface area (Å²) in [7, 11) is 0. The van der Waals surface area contributed by atoms with Crippen LogP contribution in [0, 0.1) is 5.82 Å². The standard InChI is InChI=1S/C21H15ClFN3O2/c22-16-7-3-14(4-8-16)12-25-18-2-1-11-24-19(18)20(27)26(21(25)28)13-15-5-9-17(23)10-6-15/h1-11H,12-13H2. The van der Waals surface area contributed by atoms with Gasteiger partial charge in [0.1, 0.15) is 5.82 Å². The molecule has 0 aliphatic heterocycles. The first-order valence-corrected chi connectivity index (χ1v) is 8.98. The van der Waals surface area contributed by atoms with Crippen molar-refractivity contribution < 1.29 is 4.39 Å². The number of hydrogen-bond acceptors (Lipinski definition) is 3. The zero-order valence-electron chi connectivity index (χ0n) is 14.7. The summed E-state index contributed by atoms with van der Waals surface area (Å²) in [5.41, 5.74) is 1.25. The van der Waals surface area contributed by atoms with E-state index in [1.165, 1.54) is 22.9 Å². The molecule has 4 rings (SSSR count). The Labute approximate surface area is 164 Å². The summed E-state index contributed by atoms with van der Waals surface area (Å²) in [5.74, 6) is -0.378. The lowest BCUT2D eigenvalue weighted by molar-refractivity contribution is 0.619. The first kappa shape index (κ1) is 18.1. The molecular formula is C21H15ClFN3O2. The van der Waals surface area contributed by atoms with Gasteiger partial charge < -0.3 is 0 Å². The highest BCUT2D eigenvalue weighted by molar-refractivity contribution is 6.30. The molecule has 0 spiro atoms. The van der Waals surface area contributed by atoms with Gasteiger partial charge in [-0.05, 0) is 47.5 Å². The van der Waals surface area contributed by atoms with Crippen molar-refractivity contribution in [1.82, 2.24) is 14.1 Å². The molecule has 7 heteroatoms. The molecule has 2 aromatic carbocycles. The molecule has 0 radical (unpaired) electrons. The quantitative estimate of drug-likeness (QED) is 0.532. The molecule has 0 aliphatic carbocycles. The fourth-order valence-electron chi connectivity index (χ4n) is 3.08. The van der Waals surface area contributed by atoms with Gasteiger partial charge >= 0.3 is 5.69 Å². The second-order valence-corrected chi connectivity index (χ2v) is 6.82. The molecule has 0 atom stereocenters. The Balaban J connectivity index is 1.88. The Morgan fingerprint density at radius 2 is 1.46 bits per heavy atom. The van der Waals surface area contributed by atoms with E-state index >= 15 is 0 Å². The van der Waals surface area contributed by atoms with Crippen LogP contribution in [0.5, 0.6) is 0 Å². The summed E-state index contributed by atoms with van der Waals surface area (Å²) in [6.07, 6.45) is 1.52. The van der Waals surface area contributed by atoms with Gasteiger partial charge in [-0.3, -0.25) is 13.9 Å². The molecule has 0 bridgehead atoms. The average molecular weight is 396 g/mol. The van der Waals surface area contributed by atoms with Gasteiger partial charge in [-0.1, -0.05) is 35.9 Å². The van der Waals surface area contributed by atoms with E-state index in [0.29, 0.717) is 16.1 Å². The topological polar surface area (TPSA) is 56.9 Å². The number of pyridine rings is 1. The van der Waals surface area contributed by atoms with Gasteiger partial charge in [-0.2, -0.15) is 0 Å². The summed E-state index contributed by atoms with van der Waals surface area (Å²) in [6.45, 7) is 0.299. The Morgan fingerprint density at radius 3 is 2.14 bits per heavy atom. The maximum Gasteiger partial charge on any atom is 0.332 e. The second kappa shape index (κ2) is 7.40. The number of rotatable bonds is 4. The van der Waals surface area contributed by atoms with Crippen LogP contribution in [0.1, 0.15) is 11.1 Å². The second-order valence-electron chi connectivity index (χ2n) is 6.38. The predicted octanol–water partition coefficient (Wildman–Crippen LogP) is 3.45. The zero-order valence-corrected chi connectivity index (χ0v) is 15.4. The fraction of sp³-hybridized carbons (Fsp3) is 0.0952. The van der Waals surface area contributed by atoms with Crippen LogP contribution in [-0.2, 0) is 13.1 Å². The maximum absolute atomic E-state index is 13.2. The number of hydrogen-bond donors (Lipinski definition) is 0. The molecule has 28 heavy (non-hydrogen) atoms. The van der Waals surface area contributed by atoms with Crippen molar-refractivity contribution in [1.29, 1.82) is 0 Å². The minimum absolute atomic E-state index is 0.0328. The van der Waals surface area contributed by atoms with E-state index in [1.807, 2.05) is 12.1 Å². The molecule has 0 amide bonds. The van der Waals surface area contributed by atoms with Crippen LogP contribution in [0.4, 0.5) is 4.39 Å². The molecule has 4 aromatic rings. The number of nitrogens with zero attached hydrogens (tertiary/aromatic N) is 3. The Morgan fingerprint density at radius 1 is 0.857 bits per heavy atom. The van der Waals surface area contributed by atoms with Crippen LogP contribution >= 0.6 is 11.6 Å². The van der Waals surface area contributed by atoms with Crippen molar-refractivity contribution in [2.24, 2.45) is 0 Å². The number of fused-ring (bicyclic) bond motifs is 1. The third-order valence-electron chi connectivity index (χ3n) is 4.49. The molecule has 5 nitrogen and oxygen atoms in total. The molecular weight excluding hydrogens is 381 g/mol. The van der Waals surface area contributed by atoms with Crippen molar-refractivity contribution >= 4 is 22.6 Å². The van der Waals surface area contributed by atoms with Gasteiger partial charge in [0.15, 0.2) is 5.52 Å². The van der Waals surface area contributed by atoms with Crippen molar-refractivity contribution in [3.8, 4) is 0 Å². The molecule has 0 saturated heterocycles. The van der Waals surface area contributed by atoms with Gasteiger partial charge in [-0.25, -0.2) is 14.2 Å². The number of halogens is 2. The average Bonchev–Trinajstić information content (AvgIpc) is 2.71. The molecule has 2 heterocycles. The largest absolute Gasteiger partial charge is 0.332 e. The lowest BCUT2D eigenvalue weighted by Gasteiger charge is -2.14. The molecule has 0 aliphatic rings. The zero-order chi connectivity index (χ0) is 19.7. The molecule has 0 saturated carbocycles. The number of benzene rings is 2. The van der Waals surface area contributed by atoms with Crippen LogP contribution in [0.2, 0.25) is 5.02 Å². The number of aromatic nitrogens is 3. The first-order valence-electron chi connectivity index (χ1n) is 8.60. The first-order chi connectivity index (χ1) is 13.5. The van der Waals surface area contributed by atoms with E-state index in [0.717, 1.165) is 10.1 Å². The Hall–Kier alpha value is -3.25. The SMILES string of the molecule is O=c1c2ncccc2n(Cc2ccc(Cl)cc2)c(=O)n1Cc1ccc(F)cc1. The molecule has 0 fully saturated rings. The van der Waals surface area contributed by atoms with Crippen LogP contribution in [0.15, 0.2) is 76.4 Å². The Kier molecular flexibility index (Phi) is 4.79. The summed E-state index contributed by atoms with van der Waals surface area (Å²) < 4.78 is 15.8. The summed E-state index contributed by atoms with van der Waals surface area (Å²) in [4.78, 5) is 30.2. The molecule has 0 N–H and O–H groups in total. The molecule has 2 aromatic heterocycles. The lowest BCUT2D eigenvalue weighted by atomic mass is 10.2. The van der Waals surface area contributed by atoms with E-state index in [2.05, 4.69) is 4.98 Å². The lowest BCUT2D eigenvalue weighted by Crippen LogP contribution is -2.40. The third kappa shape index (κ3) is 3.46. The fourth-order valence-corrected chi connectivity index (χ4v) is 3.21. The van der Waals surface area contributed by atoms with Crippen molar-refractivity contribution in [2.75, 3.05) is 0 Å². The van der Waals surface area contributed by atoms with E-state index in [4.69, 9.17) is 11.6 Å². The molecule has 0 unspecified atom stereocenters. The van der Waals surface area contributed by atoms with E-state index < -0.39 is 11.2 Å². The maximum atomic E-state index is 13.2. The summed E-state index contributed by atoms with van der Waals surface area (Å²) >= 11 is 5.94. The smallest absolute Gasteiger partial charge is 0.287 e. The minimum Gasteiger partial charge on any atom is -0.287 e. The van der Waals surface area contributed by atoms with Gasteiger partial charge in [0, 0.05) is 11.2 Å². The Bertz CT molecular complexity index is 1260. The highest BCUT2D eigenvalue weighted by Crippen LogP contribution is 2.13. The highest BCUT2D eigenvalue weighted by Gasteiger charge is 2.14. The predicted molar refractivity (Wildman–Crippen MR) is 106 cm³/mol. The summed E-state index contributed by atoms with van der Waals surface area (Å²) in [5, 5.41) is 0.601. The van der Waals surface area contributed by atoms with Crippen LogP contribution in [-0.4, -0.2) is 14.1 Å². The third-order valence-corrected chi connectivity index (χ3v) is 4.75. The van der Waals surface area contributed by atoms with E-state index in [1.54, 1.807) is 36.4 Å². The summed E-state index contributed by atoms with van der Waals surface area (Å²) in [6, 6.07) is 16.2. The van der Waals surface area contributed by atoms with Gasteiger partial charge in [0.25, 0.3) is 5.56 Å². The highest BCUT2D eigenvalue weighted by atomic mass is 35.5. The normalized spacial score (nSPS) is 11.1. The van der Waals surface area contributed by atoms with Crippen LogP contribution in [0.3, 0.4) is 0 Å². The monoisotopic (exact) mass is 395 g/mol. The van der Waals surface area contributed by atoms with Gasteiger partial charge in [0.05, 0.1) is 18.6 Å². The molecule has 140 valence electrons. The van der Waals surface area contributed by atoms with E-state index in [9.17, 15) is 14.0 Å². The van der Waals surface area contributed by atoms with Crippen LogP contribution < -0.4 is 11.2 Å². The van der Waals surface area contributed by atoms with Crippen molar-refractivity contribution in [3.63, 3.8) is 0 Å². The van der Waals surface area contributed by atoms with Crippen molar-refractivity contribution in [3.05, 3.63) is 110 Å². The van der Waals surface area contributed by atoms with Crippen molar-refractivity contribution in [2.45, 2.75) is 13.1 Å². The van der Waals surface area contributed by atoms with E-state index in [-0.39, 0.29) is 24.4 Å². The minimum atomic E-state index is -0.475. The van der Waals surface area contributed by atoms with Gasteiger partial charge in [0.2, 0.25) is 0 Å². The van der Waals surface area contributed by atoms with Gasteiger partial charge in [-0.15, -0.1) is 0 Å².